The number of benzene rings is 3. The van der Waals surface area contributed by atoms with Crippen LogP contribution in [0.5, 0.6) is 0 Å². The highest BCUT2D eigenvalue weighted by Crippen LogP contribution is 2.41. The number of nitrogens with one attached hydrogen (secondary N) is 1. The number of H-pyrrole nitrogens is 1. The minimum atomic E-state index is -3.51. The lowest BCUT2D eigenvalue weighted by molar-refractivity contribution is -0.117. The summed E-state index contributed by atoms with van der Waals surface area (Å²) >= 11 is 0. The number of amides is 1. The molecule has 4 heterocycles. The van der Waals surface area contributed by atoms with Gasteiger partial charge in [-0.05, 0) is 66.7 Å². The summed E-state index contributed by atoms with van der Waals surface area (Å²) in [6.07, 6.45) is 3.83. The van der Waals surface area contributed by atoms with E-state index in [0.717, 1.165) is 81.9 Å². The van der Waals surface area contributed by atoms with Crippen LogP contribution in [-0.2, 0) is 26.8 Å². The number of piperazine rings is 1. The van der Waals surface area contributed by atoms with E-state index in [1.807, 2.05) is 72.9 Å². The predicted molar refractivity (Wildman–Crippen MR) is 187 cm³/mol. The van der Waals surface area contributed by atoms with E-state index >= 15 is 0 Å². The van der Waals surface area contributed by atoms with Gasteiger partial charge in [0.25, 0.3) is 0 Å². The summed E-state index contributed by atoms with van der Waals surface area (Å²) in [6.45, 7) is 3.54. The van der Waals surface area contributed by atoms with E-state index in [-0.39, 0.29) is 18.1 Å². The van der Waals surface area contributed by atoms with Crippen molar-refractivity contribution in [2.75, 3.05) is 50.1 Å². The summed E-state index contributed by atoms with van der Waals surface area (Å²) in [5.41, 5.74) is 6.96. The van der Waals surface area contributed by atoms with E-state index in [2.05, 4.69) is 26.8 Å². The Balaban J connectivity index is 1.28. The molecular weight excluding hydrogens is 609 g/mol. The molecule has 0 bridgehead atoms. The number of likely N-dealkylation sites (N-methyl/N-ethyl adjacent to an activating group) is 2. The summed E-state index contributed by atoms with van der Waals surface area (Å²) < 4.78 is 26.5. The van der Waals surface area contributed by atoms with Gasteiger partial charge in [-0.3, -0.25) is 9.78 Å². The molecule has 1 aliphatic rings. The second kappa shape index (κ2) is 12.6. The number of hydrogen-bond acceptors (Lipinski definition) is 7. The van der Waals surface area contributed by atoms with Crippen molar-refractivity contribution in [2.45, 2.75) is 17.1 Å². The van der Waals surface area contributed by atoms with Crippen molar-refractivity contribution < 1.29 is 13.2 Å². The molecule has 1 amide bonds. The molecule has 6 aromatic rings. The van der Waals surface area contributed by atoms with Crippen LogP contribution in [0.4, 0.5) is 11.4 Å². The topological polar surface area (TPSA) is 102 Å². The van der Waals surface area contributed by atoms with Crippen LogP contribution in [0.25, 0.3) is 33.1 Å². The van der Waals surface area contributed by atoms with Gasteiger partial charge < -0.3 is 19.7 Å². The number of aromatic amines is 1. The van der Waals surface area contributed by atoms with Gasteiger partial charge in [-0.2, -0.15) is 0 Å². The first-order valence-electron chi connectivity index (χ1n) is 15.7. The van der Waals surface area contributed by atoms with Crippen molar-refractivity contribution in [1.29, 1.82) is 0 Å². The molecule has 1 fully saturated rings. The lowest BCUT2D eigenvalue weighted by Crippen LogP contribution is -2.44. The van der Waals surface area contributed by atoms with Crippen LogP contribution in [0.1, 0.15) is 11.3 Å². The fraction of sp³-hybridized carbons (Fsp3) is 0.216. The fourth-order valence-electron chi connectivity index (χ4n) is 6.26. The Hall–Kier alpha value is -5.06. The van der Waals surface area contributed by atoms with Crippen LogP contribution in [0, 0.1) is 0 Å². The van der Waals surface area contributed by atoms with Crippen molar-refractivity contribution in [1.82, 2.24) is 19.9 Å². The molecule has 0 atom stereocenters. The molecule has 1 aliphatic heterocycles. The van der Waals surface area contributed by atoms with Crippen LogP contribution in [0.15, 0.2) is 108 Å². The fourth-order valence-corrected chi connectivity index (χ4v) is 7.62. The normalized spacial score (nSPS) is 14.1. The third-order valence-corrected chi connectivity index (χ3v) is 10.6. The second-order valence-electron chi connectivity index (χ2n) is 12.1. The molecule has 0 spiro atoms. The van der Waals surface area contributed by atoms with Crippen LogP contribution < -0.4 is 9.80 Å². The van der Waals surface area contributed by atoms with Crippen molar-refractivity contribution in [2.24, 2.45) is 0 Å². The maximum Gasteiger partial charge on any atom is 0.232 e. The number of hydrogen-bond donors (Lipinski definition) is 1. The maximum atomic E-state index is 13.3. The van der Waals surface area contributed by atoms with Gasteiger partial charge in [-0.1, -0.05) is 42.5 Å². The Bertz CT molecular complexity index is 2160. The highest BCUT2D eigenvalue weighted by Gasteiger charge is 2.24. The van der Waals surface area contributed by atoms with Crippen LogP contribution in [0.2, 0.25) is 0 Å². The average Bonchev–Trinajstić information content (AvgIpc) is 3.47. The Labute approximate surface area is 274 Å². The van der Waals surface area contributed by atoms with E-state index in [1.165, 1.54) is 0 Å². The van der Waals surface area contributed by atoms with Crippen molar-refractivity contribution in [3.05, 3.63) is 115 Å². The molecule has 3 aromatic carbocycles. The number of carbonyl (C=O) groups is 1. The summed E-state index contributed by atoms with van der Waals surface area (Å²) in [6, 6.07) is 28.0. The zero-order valence-corrected chi connectivity index (χ0v) is 27.2. The number of rotatable bonds is 8. The highest BCUT2D eigenvalue weighted by atomic mass is 32.2. The molecular formula is C37H36N6O3S. The number of carbonyl (C=O) groups excluding carboxylic acids is 1. The average molecular weight is 645 g/mol. The minimum absolute atomic E-state index is 0.0402. The van der Waals surface area contributed by atoms with Crippen molar-refractivity contribution >= 4 is 49.1 Å². The van der Waals surface area contributed by atoms with Crippen molar-refractivity contribution in [3.8, 4) is 11.1 Å². The number of aromatic nitrogens is 3. The SMILES string of the molecule is CN1CCN(c2c(-c3ccc(N(C)C(=O)Cc4ccccn4)cc3)cnc3[nH]c4ccc(CS(=O)(=O)c5ccccc5)cc4c23)CC1. The van der Waals surface area contributed by atoms with Crippen LogP contribution in [-0.4, -0.2) is 74.5 Å². The number of anilines is 2. The smallest absolute Gasteiger partial charge is 0.232 e. The molecule has 3 aromatic heterocycles. The quantitative estimate of drug-likeness (QED) is 0.227. The number of nitrogens with zero attached hydrogens (tertiary/aromatic N) is 5. The van der Waals surface area contributed by atoms with Gasteiger partial charge in [-0.25, -0.2) is 13.4 Å². The van der Waals surface area contributed by atoms with Crippen LogP contribution >= 0.6 is 0 Å². The molecule has 0 aliphatic carbocycles. The maximum absolute atomic E-state index is 13.3. The zero-order valence-electron chi connectivity index (χ0n) is 26.4. The highest BCUT2D eigenvalue weighted by molar-refractivity contribution is 7.90. The van der Waals surface area contributed by atoms with Gasteiger partial charge in [-0.15, -0.1) is 0 Å². The first-order chi connectivity index (χ1) is 22.8. The number of sulfone groups is 1. The van der Waals surface area contributed by atoms with Gasteiger partial charge in [0, 0.05) is 73.5 Å². The Kier molecular flexibility index (Phi) is 8.21. The predicted octanol–water partition coefficient (Wildman–Crippen LogP) is 5.71. The zero-order chi connectivity index (χ0) is 32.5. The molecule has 0 saturated carbocycles. The summed E-state index contributed by atoms with van der Waals surface area (Å²) in [5.74, 6) is -0.133. The Morgan fingerprint density at radius 1 is 0.894 bits per heavy atom. The molecule has 1 saturated heterocycles. The molecule has 10 heteroatoms. The number of fused-ring (bicyclic) bond motifs is 3. The molecule has 47 heavy (non-hydrogen) atoms. The molecule has 9 nitrogen and oxygen atoms in total. The summed E-state index contributed by atoms with van der Waals surface area (Å²) in [7, 11) is 0.403. The van der Waals surface area contributed by atoms with E-state index in [4.69, 9.17) is 4.98 Å². The van der Waals surface area contributed by atoms with Gasteiger partial charge in [0.1, 0.15) is 5.65 Å². The molecule has 7 rings (SSSR count). The van der Waals surface area contributed by atoms with E-state index in [0.29, 0.717) is 4.90 Å². The molecule has 0 radical (unpaired) electrons. The molecule has 1 N–H and O–H groups in total. The Morgan fingerprint density at radius 2 is 1.64 bits per heavy atom. The second-order valence-corrected chi connectivity index (χ2v) is 14.1. The van der Waals surface area contributed by atoms with Crippen LogP contribution in [0.3, 0.4) is 0 Å². The lowest BCUT2D eigenvalue weighted by atomic mass is 10.00. The summed E-state index contributed by atoms with van der Waals surface area (Å²) in [4.78, 5) is 32.4. The van der Waals surface area contributed by atoms with E-state index < -0.39 is 9.84 Å². The van der Waals surface area contributed by atoms with Gasteiger partial charge in [0.15, 0.2) is 9.84 Å². The van der Waals surface area contributed by atoms with Gasteiger partial charge in [0.05, 0.1) is 28.1 Å². The van der Waals surface area contributed by atoms with E-state index in [1.54, 1.807) is 42.4 Å². The number of pyridine rings is 2. The molecule has 238 valence electrons. The lowest BCUT2D eigenvalue weighted by Gasteiger charge is -2.35. The Morgan fingerprint density at radius 3 is 2.36 bits per heavy atom. The first kappa shape index (κ1) is 30.6. The summed E-state index contributed by atoms with van der Waals surface area (Å²) in [5, 5.41) is 1.92. The van der Waals surface area contributed by atoms with Gasteiger partial charge in [0.2, 0.25) is 5.91 Å². The largest absolute Gasteiger partial charge is 0.368 e. The monoisotopic (exact) mass is 644 g/mol. The molecule has 0 unspecified atom stereocenters. The van der Waals surface area contributed by atoms with E-state index in [9.17, 15) is 13.2 Å². The van der Waals surface area contributed by atoms with Crippen molar-refractivity contribution in [3.63, 3.8) is 0 Å². The third kappa shape index (κ3) is 6.22. The minimum Gasteiger partial charge on any atom is -0.368 e. The van der Waals surface area contributed by atoms with Gasteiger partial charge >= 0.3 is 0 Å². The standard InChI is InChI=1S/C37H36N6O3S/c1-41-18-20-43(21-19-41)36-32(27-12-14-29(15-13-27)42(2)34(44)23-28-8-6-7-17-38-28)24-39-37-35(36)31-22-26(11-16-33(31)40-37)25-47(45,46)30-9-4-3-5-10-30/h3-17,22,24H,18-21,23,25H2,1-2H3,(H,39,40). The first-order valence-corrected chi connectivity index (χ1v) is 17.3. The third-order valence-electron chi connectivity index (χ3n) is 8.93.